The fourth-order valence-corrected chi connectivity index (χ4v) is 2.02. The number of carbonyl (C=O) groups is 1. The predicted octanol–water partition coefficient (Wildman–Crippen LogP) is 2.82. The van der Waals surface area contributed by atoms with Crippen molar-refractivity contribution in [2.45, 2.75) is 19.8 Å². The van der Waals surface area contributed by atoms with Gasteiger partial charge in [-0.05, 0) is 42.9 Å². The molecule has 0 heterocycles. The summed E-state index contributed by atoms with van der Waals surface area (Å²) in [6.45, 7) is 2.85. The first-order valence-corrected chi connectivity index (χ1v) is 6.22. The van der Waals surface area contributed by atoms with Gasteiger partial charge in [-0.25, -0.2) is 0 Å². The molecule has 4 heteroatoms. The molecule has 1 unspecified atom stereocenters. The average molecular weight is 254 g/mol. The Labute approximate surface area is 106 Å². The number of nitrogens with one attached hydrogen (secondary N) is 1. The lowest BCUT2D eigenvalue weighted by molar-refractivity contribution is 0.0946. The largest absolute Gasteiger partial charge is 0.506 e. The zero-order chi connectivity index (χ0) is 12.4. The van der Waals surface area contributed by atoms with E-state index in [9.17, 15) is 9.90 Å². The van der Waals surface area contributed by atoms with Crippen LogP contribution in [0.4, 0.5) is 0 Å². The molecule has 0 radical (unpaired) electrons. The van der Waals surface area contributed by atoms with Gasteiger partial charge in [-0.15, -0.1) is 0 Å². The molecular weight excluding hydrogens is 238 g/mol. The predicted molar refractivity (Wildman–Crippen MR) is 67.3 cm³/mol. The number of phenolic OH excluding ortho intramolecular Hbond substituents is 1. The molecule has 3 nitrogen and oxygen atoms in total. The Morgan fingerprint density at radius 1 is 1.59 bits per heavy atom. The van der Waals surface area contributed by atoms with Crippen molar-refractivity contribution >= 4 is 17.5 Å². The number of hydrogen-bond donors (Lipinski definition) is 2. The smallest absolute Gasteiger partial charge is 0.251 e. The van der Waals surface area contributed by atoms with E-state index in [1.807, 2.05) is 0 Å². The standard InChI is InChI=1S/C13H16ClNO2/c1-8(9-2-3-9)7-15-13(17)10-4-5-12(16)11(14)6-10/h4-6,8-9,16H,2-3,7H2,1H3,(H,15,17). The van der Waals surface area contributed by atoms with Gasteiger partial charge in [-0.2, -0.15) is 0 Å². The van der Waals surface area contributed by atoms with Crippen LogP contribution in [0.5, 0.6) is 5.75 Å². The Morgan fingerprint density at radius 2 is 2.29 bits per heavy atom. The Morgan fingerprint density at radius 3 is 2.88 bits per heavy atom. The first-order chi connectivity index (χ1) is 8.08. The van der Waals surface area contributed by atoms with E-state index in [2.05, 4.69) is 12.2 Å². The van der Waals surface area contributed by atoms with Crippen LogP contribution in [-0.4, -0.2) is 17.6 Å². The summed E-state index contributed by atoms with van der Waals surface area (Å²) < 4.78 is 0. The molecule has 0 aromatic heterocycles. The molecule has 0 aliphatic heterocycles. The molecule has 2 rings (SSSR count). The quantitative estimate of drug-likeness (QED) is 0.867. The van der Waals surface area contributed by atoms with Gasteiger partial charge in [0.05, 0.1) is 5.02 Å². The van der Waals surface area contributed by atoms with Gasteiger partial charge in [0.25, 0.3) is 5.91 Å². The third kappa shape index (κ3) is 3.13. The maximum atomic E-state index is 11.8. The van der Waals surface area contributed by atoms with Crippen molar-refractivity contribution in [3.05, 3.63) is 28.8 Å². The van der Waals surface area contributed by atoms with Crippen molar-refractivity contribution in [2.24, 2.45) is 11.8 Å². The minimum absolute atomic E-state index is 0.00503. The van der Waals surface area contributed by atoms with Crippen LogP contribution in [0.3, 0.4) is 0 Å². The van der Waals surface area contributed by atoms with E-state index in [0.717, 1.165) is 5.92 Å². The summed E-state index contributed by atoms with van der Waals surface area (Å²) in [5, 5.41) is 12.4. The van der Waals surface area contributed by atoms with E-state index in [1.54, 1.807) is 6.07 Å². The van der Waals surface area contributed by atoms with E-state index in [0.29, 0.717) is 18.0 Å². The molecule has 1 aliphatic rings. The average Bonchev–Trinajstić information content (AvgIpc) is 3.13. The van der Waals surface area contributed by atoms with Crippen LogP contribution in [0.15, 0.2) is 18.2 Å². The Hall–Kier alpha value is -1.22. The summed E-state index contributed by atoms with van der Waals surface area (Å²) in [5.41, 5.74) is 0.482. The molecule has 1 aromatic carbocycles. The number of amides is 1. The monoisotopic (exact) mass is 253 g/mol. The molecule has 17 heavy (non-hydrogen) atoms. The minimum atomic E-state index is -0.139. The second kappa shape index (κ2) is 4.96. The van der Waals surface area contributed by atoms with Crippen molar-refractivity contribution in [3.63, 3.8) is 0 Å². The van der Waals surface area contributed by atoms with Crippen LogP contribution < -0.4 is 5.32 Å². The number of benzene rings is 1. The second-order valence-corrected chi connectivity index (χ2v) is 5.10. The molecule has 1 atom stereocenters. The Bertz CT molecular complexity index is 429. The summed E-state index contributed by atoms with van der Waals surface area (Å²) in [7, 11) is 0. The molecule has 2 N–H and O–H groups in total. The van der Waals surface area contributed by atoms with Gasteiger partial charge in [0.15, 0.2) is 0 Å². The number of phenols is 1. The van der Waals surface area contributed by atoms with Gasteiger partial charge in [0, 0.05) is 12.1 Å². The zero-order valence-electron chi connectivity index (χ0n) is 9.74. The molecule has 1 saturated carbocycles. The summed E-state index contributed by atoms with van der Waals surface area (Å²) in [5.74, 6) is 1.17. The highest BCUT2D eigenvalue weighted by Gasteiger charge is 2.27. The third-order valence-corrected chi connectivity index (χ3v) is 3.52. The molecular formula is C13H16ClNO2. The van der Waals surface area contributed by atoms with Gasteiger partial charge in [-0.3, -0.25) is 4.79 Å². The molecule has 0 bridgehead atoms. The van der Waals surface area contributed by atoms with Gasteiger partial charge >= 0.3 is 0 Å². The highest BCUT2D eigenvalue weighted by Crippen LogP contribution is 2.36. The van der Waals surface area contributed by atoms with Crippen molar-refractivity contribution in [2.75, 3.05) is 6.54 Å². The highest BCUT2D eigenvalue weighted by molar-refractivity contribution is 6.32. The lowest BCUT2D eigenvalue weighted by Crippen LogP contribution is -2.28. The SMILES string of the molecule is CC(CNC(=O)c1ccc(O)c(Cl)c1)C1CC1. The number of carbonyl (C=O) groups excluding carboxylic acids is 1. The molecule has 1 fully saturated rings. The van der Waals surface area contributed by atoms with Crippen LogP contribution in [-0.2, 0) is 0 Å². The van der Waals surface area contributed by atoms with E-state index in [-0.39, 0.29) is 16.7 Å². The van der Waals surface area contributed by atoms with Gasteiger partial charge in [-0.1, -0.05) is 18.5 Å². The number of rotatable bonds is 4. The Balaban J connectivity index is 1.92. The van der Waals surface area contributed by atoms with Crippen LogP contribution in [0.25, 0.3) is 0 Å². The number of halogens is 1. The zero-order valence-corrected chi connectivity index (χ0v) is 10.5. The molecule has 92 valence electrons. The van der Waals surface area contributed by atoms with E-state index in [1.165, 1.54) is 25.0 Å². The normalized spacial score (nSPS) is 16.6. The van der Waals surface area contributed by atoms with Crippen LogP contribution in [0, 0.1) is 11.8 Å². The first-order valence-electron chi connectivity index (χ1n) is 5.84. The lowest BCUT2D eigenvalue weighted by Gasteiger charge is -2.11. The first kappa shape index (κ1) is 12.2. The van der Waals surface area contributed by atoms with E-state index >= 15 is 0 Å². The third-order valence-electron chi connectivity index (χ3n) is 3.22. The number of aromatic hydroxyl groups is 1. The van der Waals surface area contributed by atoms with Gasteiger partial charge < -0.3 is 10.4 Å². The van der Waals surface area contributed by atoms with Crippen molar-refractivity contribution in [1.82, 2.24) is 5.32 Å². The topological polar surface area (TPSA) is 49.3 Å². The molecule has 0 saturated heterocycles. The van der Waals surface area contributed by atoms with E-state index in [4.69, 9.17) is 11.6 Å². The molecule has 1 aliphatic carbocycles. The fraction of sp³-hybridized carbons (Fsp3) is 0.462. The lowest BCUT2D eigenvalue weighted by atomic mass is 10.1. The summed E-state index contributed by atoms with van der Waals surface area (Å²) in [4.78, 5) is 11.8. The number of hydrogen-bond acceptors (Lipinski definition) is 2. The van der Waals surface area contributed by atoms with E-state index < -0.39 is 0 Å². The summed E-state index contributed by atoms with van der Waals surface area (Å²) in [6.07, 6.45) is 2.56. The maximum Gasteiger partial charge on any atom is 0.251 e. The van der Waals surface area contributed by atoms with Crippen LogP contribution in [0.2, 0.25) is 5.02 Å². The maximum absolute atomic E-state index is 11.8. The molecule has 0 spiro atoms. The second-order valence-electron chi connectivity index (χ2n) is 4.69. The van der Waals surface area contributed by atoms with Gasteiger partial charge in [0.1, 0.15) is 5.75 Å². The van der Waals surface area contributed by atoms with Crippen LogP contribution >= 0.6 is 11.6 Å². The highest BCUT2D eigenvalue weighted by atomic mass is 35.5. The van der Waals surface area contributed by atoms with Crippen molar-refractivity contribution in [3.8, 4) is 5.75 Å². The molecule has 1 amide bonds. The van der Waals surface area contributed by atoms with Gasteiger partial charge in [0.2, 0.25) is 0 Å². The van der Waals surface area contributed by atoms with Crippen molar-refractivity contribution in [1.29, 1.82) is 0 Å². The molecule has 1 aromatic rings. The van der Waals surface area contributed by atoms with Crippen molar-refractivity contribution < 1.29 is 9.90 Å². The summed E-state index contributed by atoms with van der Waals surface area (Å²) >= 11 is 5.75. The Kier molecular flexibility index (Phi) is 3.57. The summed E-state index contributed by atoms with van der Waals surface area (Å²) in [6, 6.07) is 4.48. The van der Waals surface area contributed by atoms with Crippen LogP contribution in [0.1, 0.15) is 30.1 Å². The fourth-order valence-electron chi connectivity index (χ4n) is 1.84. The minimum Gasteiger partial charge on any atom is -0.506 e.